The first-order chi connectivity index (χ1) is 9.31. The molecular weight excluding hydrogens is 272 g/mol. The Labute approximate surface area is 129 Å². The minimum atomic E-state index is -0.106. The first-order valence-electron chi connectivity index (χ1n) is 8.23. The van der Waals surface area contributed by atoms with Crippen LogP contribution in [0.3, 0.4) is 0 Å². The highest BCUT2D eigenvalue weighted by Gasteiger charge is 2.00. The van der Waals surface area contributed by atoms with Crippen LogP contribution in [0.4, 0.5) is 0 Å². The van der Waals surface area contributed by atoms with Crippen molar-refractivity contribution in [2.24, 2.45) is 0 Å². The van der Waals surface area contributed by atoms with Crippen LogP contribution >= 0.6 is 21.6 Å². The van der Waals surface area contributed by atoms with E-state index in [0.717, 1.165) is 12.2 Å². The van der Waals surface area contributed by atoms with Crippen LogP contribution in [0, 0.1) is 0 Å². The third kappa shape index (κ3) is 16.6. The summed E-state index contributed by atoms with van der Waals surface area (Å²) in [5.74, 6) is 2.14. The molecule has 1 nitrogen and oxygen atoms in total. The normalized spacial score (nSPS) is 12.8. The molecule has 0 saturated carbocycles. The number of unbranched alkanes of at least 4 members (excludes halogenated alkanes) is 9. The summed E-state index contributed by atoms with van der Waals surface area (Å²) in [5, 5.41) is 9.40. The van der Waals surface area contributed by atoms with E-state index in [1.54, 1.807) is 0 Å². The van der Waals surface area contributed by atoms with Gasteiger partial charge in [-0.15, -0.1) is 0 Å². The Kier molecular flexibility index (Phi) is 17.3. The fraction of sp³-hybridized carbons (Fsp3) is 1.00. The summed E-state index contributed by atoms with van der Waals surface area (Å²) in [4.78, 5) is 0. The van der Waals surface area contributed by atoms with Crippen LogP contribution in [0.1, 0.15) is 84.5 Å². The number of aliphatic hydroxyl groups excluding tert-OH is 1. The number of hydrogen-bond donors (Lipinski definition) is 1. The molecule has 3 heteroatoms. The monoisotopic (exact) mass is 306 g/mol. The lowest BCUT2D eigenvalue weighted by Gasteiger charge is -2.06. The van der Waals surface area contributed by atoms with E-state index < -0.39 is 0 Å². The third-order valence-corrected chi connectivity index (χ3v) is 5.95. The van der Waals surface area contributed by atoms with Crippen molar-refractivity contribution in [1.29, 1.82) is 0 Å². The highest BCUT2D eigenvalue weighted by atomic mass is 33.1. The maximum Gasteiger partial charge on any atom is 0.0636 e. The summed E-state index contributed by atoms with van der Waals surface area (Å²) in [6.07, 6.45) is 14.9. The Morgan fingerprint density at radius 3 is 1.79 bits per heavy atom. The Morgan fingerprint density at radius 2 is 1.26 bits per heavy atom. The quantitative estimate of drug-likeness (QED) is 0.293. The van der Waals surface area contributed by atoms with Crippen LogP contribution in [-0.4, -0.2) is 22.7 Å². The van der Waals surface area contributed by atoms with Gasteiger partial charge in [-0.05, 0) is 12.8 Å². The molecule has 19 heavy (non-hydrogen) atoms. The summed E-state index contributed by atoms with van der Waals surface area (Å²) in [6.45, 7) is 4.32. The summed E-state index contributed by atoms with van der Waals surface area (Å²) < 4.78 is 0. The molecule has 0 aromatic rings. The molecule has 1 unspecified atom stereocenters. The fourth-order valence-corrected chi connectivity index (χ4v) is 4.35. The Hall–Kier alpha value is 0.660. The van der Waals surface area contributed by atoms with Gasteiger partial charge in [-0.2, -0.15) is 0 Å². The number of aliphatic hydroxyl groups is 1. The lowest BCUT2D eigenvalue weighted by molar-refractivity contribution is 0.195. The largest absolute Gasteiger partial charge is 0.392 e. The van der Waals surface area contributed by atoms with Crippen molar-refractivity contribution in [1.82, 2.24) is 0 Å². The lowest BCUT2D eigenvalue weighted by Crippen LogP contribution is -2.06. The average molecular weight is 307 g/mol. The summed E-state index contributed by atoms with van der Waals surface area (Å²) >= 11 is 0. The molecule has 0 rings (SSSR count). The van der Waals surface area contributed by atoms with Gasteiger partial charge in [0.05, 0.1) is 6.10 Å². The van der Waals surface area contributed by atoms with Crippen molar-refractivity contribution < 1.29 is 5.11 Å². The molecule has 0 aromatic heterocycles. The smallest absolute Gasteiger partial charge is 0.0636 e. The first-order valence-corrected chi connectivity index (χ1v) is 10.7. The van der Waals surface area contributed by atoms with E-state index in [2.05, 4.69) is 6.92 Å². The predicted octanol–water partition coefficient (Wildman–Crippen LogP) is 6.06. The highest BCUT2D eigenvalue weighted by molar-refractivity contribution is 8.76. The molecule has 0 spiro atoms. The van der Waals surface area contributed by atoms with E-state index in [1.165, 1.54) is 70.0 Å². The minimum absolute atomic E-state index is 0.106. The minimum Gasteiger partial charge on any atom is -0.392 e. The maximum absolute atomic E-state index is 9.40. The van der Waals surface area contributed by atoms with Crippen LogP contribution in [0.5, 0.6) is 0 Å². The van der Waals surface area contributed by atoms with Gasteiger partial charge in [-0.3, -0.25) is 0 Å². The van der Waals surface area contributed by atoms with Gasteiger partial charge >= 0.3 is 0 Å². The second kappa shape index (κ2) is 16.7. The molecule has 1 N–H and O–H groups in total. The van der Waals surface area contributed by atoms with Gasteiger partial charge < -0.3 is 5.11 Å². The van der Waals surface area contributed by atoms with Crippen molar-refractivity contribution in [2.45, 2.75) is 90.6 Å². The van der Waals surface area contributed by atoms with Crippen LogP contribution in [-0.2, 0) is 0 Å². The zero-order valence-electron chi connectivity index (χ0n) is 13.0. The van der Waals surface area contributed by atoms with E-state index in [-0.39, 0.29) is 6.10 Å². The molecule has 116 valence electrons. The molecule has 0 heterocycles. The first kappa shape index (κ1) is 19.7. The van der Waals surface area contributed by atoms with Gasteiger partial charge in [-0.25, -0.2) is 0 Å². The van der Waals surface area contributed by atoms with Crippen molar-refractivity contribution in [3.63, 3.8) is 0 Å². The summed E-state index contributed by atoms with van der Waals surface area (Å²) in [5.41, 5.74) is 0. The Morgan fingerprint density at radius 1 is 0.737 bits per heavy atom. The topological polar surface area (TPSA) is 20.2 Å². The third-order valence-electron chi connectivity index (χ3n) is 3.40. The molecule has 0 fully saturated rings. The van der Waals surface area contributed by atoms with Crippen LogP contribution < -0.4 is 0 Å². The van der Waals surface area contributed by atoms with Crippen LogP contribution in [0.25, 0.3) is 0 Å². The molecule has 0 radical (unpaired) electrons. The standard InChI is InChI=1S/C16H34OS2/c1-3-5-6-7-8-9-10-11-12-13-14-18-19-15-16(17)4-2/h16-17H,3-15H2,1-2H3. The molecular formula is C16H34OS2. The predicted molar refractivity (Wildman–Crippen MR) is 93.1 cm³/mol. The second-order valence-electron chi connectivity index (χ2n) is 5.35. The van der Waals surface area contributed by atoms with E-state index in [0.29, 0.717) is 0 Å². The van der Waals surface area contributed by atoms with Gasteiger partial charge in [0.1, 0.15) is 0 Å². The lowest BCUT2D eigenvalue weighted by atomic mass is 10.1. The Bertz CT molecular complexity index is 165. The molecule has 0 aliphatic rings. The van der Waals surface area contributed by atoms with E-state index >= 15 is 0 Å². The van der Waals surface area contributed by atoms with Gasteiger partial charge in [0.2, 0.25) is 0 Å². The maximum atomic E-state index is 9.40. The molecule has 0 bridgehead atoms. The van der Waals surface area contributed by atoms with Gasteiger partial charge in [0.25, 0.3) is 0 Å². The van der Waals surface area contributed by atoms with E-state index in [1.807, 2.05) is 28.5 Å². The van der Waals surface area contributed by atoms with Gasteiger partial charge in [-0.1, -0.05) is 93.2 Å². The van der Waals surface area contributed by atoms with Crippen molar-refractivity contribution in [2.75, 3.05) is 11.5 Å². The Balaban J connectivity index is 2.95. The molecule has 0 saturated heterocycles. The van der Waals surface area contributed by atoms with Crippen molar-refractivity contribution in [3.8, 4) is 0 Å². The van der Waals surface area contributed by atoms with E-state index in [4.69, 9.17) is 0 Å². The van der Waals surface area contributed by atoms with Crippen molar-refractivity contribution >= 4 is 21.6 Å². The highest BCUT2D eigenvalue weighted by Crippen LogP contribution is 2.24. The molecule has 0 aliphatic heterocycles. The molecule has 0 amide bonds. The van der Waals surface area contributed by atoms with Gasteiger partial charge in [0.15, 0.2) is 0 Å². The van der Waals surface area contributed by atoms with E-state index in [9.17, 15) is 5.11 Å². The van der Waals surface area contributed by atoms with Crippen molar-refractivity contribution in [3.05, 3.63) is 0 Å². The summed E-state index contributed by atoms with van der Waals surface area (Å²) in [6, 6.07) is 0. The second-order valence-corrected chi connectivity index (χ2v) is 7.98. The number of rotatable bonds is 15. The summed E-state index contributed by atoms with van der Waals surface area (Å²) in [7, 11) is 3.76. The van der Waals surface area contributed by atoms with Crippen LogP contribution in [0.2, 0.25) is 0 Å². The van der Waals surface area contributed by atoms with Crippen LogP contribution in [0.15, 0.2) is 0 Å². The number of hydrogen-bond acceptors (Lipinski definition) is 3. The fourth-order valence-electron chi connectivity index (χ4n) is 1.95. The molecule has 1 atom stereocenters. The average Bonchev–Trinajstić information content (AvgIpc) is 2.43. The molecule has 0 aliphatic carbocycles. The zero-order chi connectivity index (χ0) is 14.2. The van der Waals surface area contributed by atoms with Gasteiger partial charge in [0, 0.05) is 11.5 Å². The molecule has 0 aromatic carbocycles. The SMILES string of the molecule is CCCCCCCCCCCCSSCC(O)CC. The zero-order valence-corrected chi connectivity index (χ0v) is 14.7.